The summed E-state index contributed by atoms with van der Waals surface area (Å²) in [5.74, 6) is 0.770. The highest BCUT2D eigenvalue weighted by Crippen LogP contribution is 2.57. The van der Waals surface area contributed by atoms with E-state index in [1.165, 1.54) is 34.7 Å². The molecule has 0 spiro atoms. The number of benzene rings is 3. The quantitative estimate of drug-likeness (QED) is 0.334. The zero-order valence-corrected chi connectivity index (χ0v) is 13.3. The van der Waals surface area contributed by atoms with Gasteiger partial charge in [0.1, 0.15) is 5.75 Å². The fourth-order valence-corrected chi connectivity index (χ4v) is 4.42. The SMILES string of the molecule is CC(=O)Oc1cccc2c1C1c3ccccc3C2c2ccccc21. The molecular weight excluding hydrogens is 296 g/mol. The maximum atomic E-state index is 11.6. The van der Waals surface area contributed by atoms with Crippen LogP contribution < -0.4 is 4.74 Å². The standard InChI is InChI=1S/C22H16O2/c1-13(23)24-19-12-6-11-18-20-14-7-2-4-9-16(14)21(22(18)19)17-10-5-3-8-15(17)20/h2-12,20-21H,1H3. The molecule has 0 aliphatic heterocycles. The fraction of sp³-hybridized carbons (Fsp3) is 0.136. The van der Waals surface area contributed by atoms with Crippen LogP contribution in [0.4, 0.5) is 0 Å². The van der Waals surface area contributed by atoms with Gasteiger partial charge in [-0.2, -0.15) is 0 Å². The summed E-state index contributed by atoms with van der Waals surface area (Å²) < 4.78 is 5.56. The van der Waals surface area contributed by atoms with Crippen molar-refractivity contribution < 1.29 is 9.53 Å². The summed E-state index contributed by atoms with van der Waals surface area (Å²) in [5.41, 5.74) is 7.80. The second-order valence-corrected chi connectivity index (χ2v) is 6.48. The minimum Gasteiger partial charge on any atom is -0.426 e. The van der Waals surface area contributed by atoms with E-state index in [0.717, 1.165) is 5.56 Å². The zero-order chi connectivity index (χ0) is 16.3. The Morgan fingerprint density at radius 2 is 1.21 bits per heavy atom. The minimum atomic E-state index is -0.272. The number of carbonyl (C=O) groups is 1. The molecule has 116 valence electrons. The van der Waals surface area contributed by atoms with Crippen LogP contribution in [0, 0.1) is 0 Å². The zero-order valence-electron chi connectivity index (χ0n) is 13.3. The molecule has 2 nitrogen and oxygen atoms in total. The molecule has 0 saturated heterocycles. The van der Waals surface area contributed by atoms with Gasteiger partial charge in [0.15, 0.2) is 0 Å². The first-order valence-corrected chi connectivity index (χ1v) is 8.24. The van der Waals surface area contributed by atoms with Crippen molar-refractivity contribution >= 4 is 5.97 Å². The molecule has 0 saturated carbocycles. The van der Waals surface area contributed by atoms with Gasteiger partial charge in [-0.05, 0) is 33.9 Å². The molecule has 0 fully saturated rings. The van der Waals surface area contributed by atoms with Crippen LogP contribution in [0.5, 0.6) is 5.75 Å². The largest absolute Gasteiger partial charge is 0.426 e. The van der Waals surface area contributed by atoms with Gasteiger partial charge in [-0.1, -0.05) is 60.7 Å². The molecule has 0 aromatic heterocycles. The molecule has 2 heteroatoms. The highest BCUT2D eigenvalue weighted by Gasteiger charge is 2.42. The third-order valence-corrected chi connectivity index (χ3v) is 5.19. The molecule has 0 radical (unpaired) electrons. The molecule has 0 unspecified atom stereocenters. The molecule has 0 amide bonds. The van der Waals surface area contributed by atoms with Crippen molar-refractivity contribution in [2.24, 2.45) is 0 Å². The van der Waals surface area contributed by atoms with E-state index in [1.54, 1.807) is 0 Å². The summed E-state index contributed by atoms with van der Waals surface area (Å²) in [7, 11) is 0. The van der Waals surface area contributed by atoms with Crippen molar-refractivity contribution in [3.8, 4) is 5.75 Å². The third-order valence-electron chi connectivity index (χ3n) is 5.19. The van der Waals surface area contributed by atoms with Crippen LogP contribution >= 0.6 is 0 Å². The lowest BCUT2D eigenvalue weighted by Crippen LogP contribution is -2.28. The van der Waals surface area contributed by atoms with E-state index in [0.29, 0.717) is 5.75 Å². The van der Waals surface area contributed by atoms with E-state index in [1.807, 2.05) is 12.1 Å². The van der Waals surface area contributed by atoms with E-state index in [2.05, 4.69) is 54.6 Å². The van der Waals surface area contributed by atoms with E-state index >= 15 is 0 Å². The topological polar surface area (TPSA) is 26.3 Å². The highest BCUT2D eigenvalue weighted by atomic mass is 16.5. The predicted octanol–water partition coefficient (Wildman–Crippen LogP) is 4.60. The predicted molar refractivity (Wildman–Crippen MR) is 92.5 cm³/mol. The molecule has 3 aliphatic carbocycles. The summed E-state index contributed by atoms with van der Waals surface area (Å²) in [6.07, 6.45) is 0. The van der Waals surface area contributed by atoms with E-state index in [4.69, 9.17) is 4.74 Å². The van der Waals surface area contributed by atoms with Crippen LogP contribution in [0.25, 0.3) is 0 Å². The Labute approximate surface area is 140 Å². The summed E-state index contributed by atoms with van der Waals surface area (Å²) in [6.45, 7) is 1.46. The van der Waals surface area contributed by atoms with Gasteiger partial charge in [0.05, 0.1) is 0 Å². The lowest BCUT2D eigenvalue weighted by molar-refractivity contribution is -0.131. The van der Waals surface area contributed by atoms with E-state index < -0.39 is 0 Å². The first kappa shape index (κ1) is 13.6. The summed E-state index contributed by atoms with van der Waals surface area (Å²) in [5, 5.41) is 0. The number of rotatable bonds is 1. The maximum Gasteiger partial charge on any atom is 0.308 e. The summed E-state index contributed by atoms with van der Waals surface area (Å²) in [6, 6.07) is 23.3. The smallest absolute Gasteiger partial charge is 0.308 e. The first-order valence-electron chi connectivity index (χ1n) is 8.24. The van der Waals surface area contributed by atoms with Crippen LogP contribution in [0.3, 0.4) is 0 Å². The number of hydrogen-bond donors (Lipinski definition) is 0. The Morgan fingerprint density at radius 3 is 1.75 bits per heavy atom. The molecule has 0 heterocycles. The number of esters is 1. The average Bonchev–Trinajstić information content (AvgIpc) is 2.61. The Balaban J connectivity index is 1.85. The van der Waals surface area contributed by atoms with Gasteiger partial charge in [-0.25, -0.2) is 0 Å². The van der Waals surface area contributed by atoms with Crippen molar-refractivity contribution in [3.63, 3.8) is 0 Å². The Morgan fingerprint density at radius 1 is 0.708 bits per heavy atom. The van der Waals surface area contributed by atoms with Gasteiger partial charge in [0.25, 0.3) is 0 Å². The molecule has 0 atom stereocenters. The molecule has 3 aromatic carbocycles. The van der Waals surface area contributed by atoms with Crippen molar-refractivity contribution in [2.45, 2.75) is 18.8 Å². The molecule has 6 rings (SSSR count). The van der Waals surface area contributed by atoms with Crippen LogP contribution in [-0.4, -0.2) is 5.97 Å². The first-order chi connectivity index (χ1) is 11.8. The van der Waals surface area contributed by atoms with Gasteiger partial charge in [0, 0.05) is 24.3 Å². The lowest BCUT2D eigenvalue weighted by atomic mass is 9.61. The Hall–Kier alpha value is -2.87. The van der Waals surface area contributed by atoms with Crippen molar-refractivity contribution in [1.29, 1.82) is 0 Å². The second kappa shape index (κ2) is 4.81. The normalized spacial score (nSPS) is 19.2. The number of carbonyl (C=O) groups excluding carboxylic acids is 1. The van der Waals surface area contributed by atoms with E-state index in [9.17, 15) is 4.79 Å². The molecule has 0 N–H and O–H groups in total. The number of hydrogen-bond acceptors (Lipinski definition) is 2. The summed E-state index contributed by atoms with van der Waals surface area (Å²) in [4.78, 5) is 11.6. The third kappa shape index (κ3) is 1.68. The minimum absolute atomic E-state index is 0.132. The van der Waals surface area contributed by atoms with Crippen LogP contribution in [0.15, 0.2) is 66.7 Å². The van der Waals surface area contributed by atoms with Gasteiger partial charge >= 0.3 is 5.97 Å². The average molecular weight is 312 g/mol. The van der Waals surface area contributed by atoms with Crippen LogP contribution in [0.1, 0.15) is 52.1 Å². The van der Waals surface area contributed by atoms with Crippen molar-refractivity contribution in [3.05, 3.63) is 100 Å². The molecule has 24 heavy (non-hydrogen) atoms. The molecule has 3 aliphatic rings. The van der Waals surface area contributed by atoms with Gasteiger partial charge in [-0.15, -0.1) is 0 Å². The van der Waals surface area contributed by atoms with Crippen LogP contribution in [-0.2, 0) is 4.79 Å². The van der Waals surface area contributed by atoms with Gasteiger partial charge in [0.2, 0.25) is 0 Å². The Bertz CT molecular complexity index is 939. The van der Waals surface area contributed by atoms with Crippen molar-refractivity contribution in [2.75, 3.05) is 0 Å². The number of ether oxygens (including phenoxy) is 1. The molecule has 2 bridgehead atoms. The fourth-order valence-electron chi connectivity index (χ4n) is 4.42. The van der Waals surface area contributed by atoms with Gasteiger partial charge < -0.3 is 4.74 Å². The Kier molecular flexibility index (Phi) is 2.72. The summed E-state index contributed by atoms with van der Waals surface area (Å²) >= 11 is 0. The molecular formula is C22H16O2. The monoisotopic (exact) mass is 312 g/mol. The van der Waals surface area contributed by atoms with Gasteiger partial charge in [-0.3, -0.25) is 4.79 Å². The second-order valence-electron chi connectivity index (χ2n) is 6.48. The highest BCUT2D eigenvalue weighted by molar-refractivity contribution is 5.74. The lowest BCUT2D eigenvalue weighted by Gasteiger charge is -2.42. The van der Waals surface area contributed by atoms with E-state index in [-0.39, 0.29) is 17.8 Å². The molecule has 3 aromatic rings. The maximum absolute atomic E-state index is 11.6. The van der Waals surface area contributed by atoms with Crippen molar-refractivity contribution in [1.82, 2.24) is 0 Å². The van der Waals surface area contributed by atoms with Crippen LogP contribution in [0.2, 0.25) is 0 Å².